The maximum Gasteiger partial charge on any atom is 0.222 e. The Hall–Kier alpha value is -2.01. The van der Waals surface area contributed by atoms with Crippen molar-refractivity contribution in [3.63, 3.8) is 0 Å². The second-order valence-electron chi connectivity index (χ2n) is 5.11. The molecule has 5 nitrogen and oxygen atoms in total. The normalized spacial score (nSPS) is 19.1. The molecule has 1 fully saturated rings. The monoisotopic (exact) mass is 269 g/mol. The van der Waals surface area contributed by atoms with Crippen LogP contribution in [0.25, 0.3) is 0 Å². The van der Waals surface area contributed by atoms with Gasteiger partial charge >= 0.3 is 0 Å². The first-order valence-electron chi connectivity index (χ1n) is 7.05. The molecule has 0 bridgehead atoms. The summed E-state index contributed by atoms with van der Waals surface area (Å²) in [5.74, 6) is 0.728. The molecule has 1 aliphatic rings. The van der Waals surface area contributed by atoms with E-state index < -0.39 is 0 Å². The van der Waals surface area contributed by atoms with Crippen LogP contribution >= 0.6 is 0 Å². The first-order valence-corrected chi connectivity index (χ1v) is 7.05. The number of hydrogen-bond acceptors (Lipinski definition) is 5. The number of anilines is 1. The highest BCUT2D eigenvalue weighted by atomic mass is 15.2. The molecule has 104 valence electrons. The lowest BCUT2D eigenvalue weighted by atomic mass is 10.2. The summed E-state index contributed by atoms with van der Waals surface area (Å²) in [5, 5.41) is 3.39. The molecule has 2 aromatic heterocycles. The number of rotatable bonds is 5. The summed E-state index contributed by atoms with van der Waals surface area (Å²) in [6.07, 6.45) is 9.51. The van der Waals surface area contributed by atoms with Crippen molar-refractivity contribution in [1.82, 2.24) is 19.9 Å². The number of nitrogens with zero attached hydrogens (tertiary/aromatic N) is 4. The summed E-state index contributed by atoms with van der Waals surface area (Å²) in [7, 11) is 0. The van der Waals surface area contributed by atoms with Crippen LogP contribution in [-0.2, 0) is 6.42 Å². The number of nitrogens with one attached hydrogen (secondary N) is 1. The van der Waals surface area contributed by atoms with Gasteiger partial charge in [-0.2, -0.15) is 0 Å². The molecule has 0 spiro atoms. The van der Waals surface area contributed by atoms with Gasteiger partial charge in [0.05, 0.1) is 0 Å². The van der Waals surface area contributed by atoms with Crippen LogP contribution in [0.5, 0.6) is 0 Å². The van der Waals surface area contributed by atoms with Crippen LogP contribution in [0.1, 0.15) is 12.0 Å². The van der Waals surface area contributed by atoms with Gasteiger partial charge in [0.25, 0.3) is 0 Å². The summed E-state index contributed by atoms with van der Waals surface area (Å²) in [4.78, 5) is 15.1. The Bertz CT molecular complexity index is 516. The van der Waals surface area contributed by atoms with E-state index in [1.165, 1.54) is 5.56 Å². The van der Waals surface area contributed by atoms with Crippen LogP contribution in [0.3, 0.4) is 0 Å². The fourth-order valence-electron chi connectivity index (χ4n) is 2.54. The van der Waals surface area contributed by atoms with Crippen LogP contribution in [0.15, 0.2) is 43.0 Å². The molecule has 1 unspecified atom stereocenters. The zero-order chi connectivity index (χ0) is 13.6. The molecule has 3 rings (SSSR count). The Kier molecular flexibility index (Phi) is 4.18. The highest BCUT2D eigenvalue weighted by Crippen LogP contribution is 2.13. The average molecular weight is 269 g/mol. The molecule has 2 aromatic rings. The molecule has 0 aliphatic carbocycles. The first kappa shape index (κ1) is 13.0. The third-order valence-corrected chi connectivity index (χ3v) is 3.61. The molecule has 0 saturated carbocycles. The molecule has 0 radical (unpaired) electrons. The van der Waals surface area contributed by atoms with E-state index in [4.69, 9.17) is 0 Å². The number of hydrogen-bond donors (Lipinski definition) is 1. The quantitative estimate of drug-likeness (QED) is 0.893. The van der Waals surface area contributed by atoms with Gasteiger partial charge in [-0.05, 0) is 30.5 Å². The van der Waals surface area contributed by atoms with Crippen LogP contribution in [0, 0.1) is 0 Å². The van der Waals surface area contributed by atoms with E-state index in [0.29, 0.717) is 6.04 Å². The van der Waals surface area contributed by atoms with Gasteiger partial charge in [0.1, 0.15) is 0 Å². The van der Waals surface area contributed by atoms with Crippen LogP contribution in [0.4, 0.5) is 5.95 Å². The van der Waals surface area contributed by atoms with Crippen LogP contribution in [0.2, 0.25) is 0 Å². The average Bonchev–Trinajstić information content (AvgIpc) is 2.95. The van der Waals surface area contributed by atoms with Crippen molar-refractivity contribution in [3.8, 4) is 0 Å². The van der Waals surface area contributed by atoms with E-state index in [2.05, 4.69) is 31.2 Å². The molecular formula is C15H19N5. The lowest BCUT2D eigenvalue weighted by Crippen LogP contribution is -2.28. The maximum atomic E-state index is 4.21. The molecule has 1 saturated heterocycles. The smallest absolute Gasteiger partial charge is 0.222 e. The largest absolute Gasteiger partial charge is 0.350 e. The van der Waals surface area contributed by atoms with Gasteiger partial charge in [0.2, 0.25) is 5.95 Å². The van der Waals surface area contributed by atoms with Crippen molar-refractivity contribution < 1.29 is 0 Å². The maximum absolute atomic E-state index is 4.21. The van der Waals surface area contributed by atoms with Gasteiger partial charge in [-0.3, -0.25) is 4.98 Å². The Morgan fingerprint density at radius 1 is 1.20 bits per heavy atom. The van der Waals surface area contributed by atoms with Crippen molar-refractivity contribution in [2.24, 2.45) is 0 Å². The second-order valence-corrected chi connectivity index (χ2v) is 5.11. The van der Waals surface area contributed by atoms with E-state index in [0.717, 1.165) is 38.4 Å². The fourth-order valence-corrected chi connectivity index (χ4v) is 2.54. The van der Waals surface area contributed by atoms with Gasteiger partial charge in [0.15, 0.2) is 0 Å². The fraction of sp³-hybridized carbons (Fsp3) is 0.400. The Labute approximate surface area is 119 Å². The predicted octanol–water partition coefficient (Wildman–Crippen LogP) is 1.60. The summed E-state index contributed by atoms with van der Waals surface area (Å²) in [6.45, 7) is 3.27. The number of likely N-dealkylation sites (tertiary alicyclic amines) is 1. The van der Waals surface area contributed by atoms with Gasteiger partial charge in [-0.25, -0.2) is 9.97 Å². The number of pyridine rings is 1. The highest BCUT2D eigenvalue weighted by molar-refractivity contribution is 5.25. The standard InChI is InChI=1S/C15H19N5/c1-3-13(11-16-6-1)4-9-20-10-5-14(12-20)19-15-17-7-2-8-18-15/h1-3,6-8,11,14H,4-5,9-10,12H2,(H,17,18,19). The highest BCUT2D eigenvalue weighted by Gasteiger charge is 2.22. The molecule has 1 aliphatic heterocycles. The summed E-state index contributed by atoms with van der Waals surface area (Å²) < 4.78 is 0. The van der Waals surface area contributed by atoms with Gasteiger partial charge in [-0.1, -0.05) is 6.07 Å². The lowest BCUT2D eigenvalue weighted by Gasteiger charge is -2.16. The minimum atomic E-state index is 0.450. The topological polar surface area (TPSA) is 53.9 Å². The van der Waals surface area contributed by atoms with E-state index in [9.17, 15) is 0 Å². The Balaban J connectivity index is 1.45. The minimum Gasteiger partial charge on any atom is -0.350 e. The van der Waals surface area contributed by atoms with Crippen LogP contribution < -0.4 is 5.32 Å². The molecule has 0 amide bonds. The summed E-state index contributed by atoms with van der Waals surface area (Å²) in [6, 6.07) is 6.42. The second kappa shape index (κ2) is 6.43. The summed E-state index contributed by atoms with van der Waals surface area (Å²) in [5.41, 5.74) is 1.30. The molecule has 1 N–H and O–H groups in total. The summed E-state index contributed by atoms with van der Waals surface area (Å²) >= 11 is 0. The zero-order valence-electron chi connectivity index (χ0n) is 11.4. The van der Waals surface area contributed by atoms with E-state index >= 15 is 0 Å². The van der Waals surface area contributed by atoms with Crippen molar-refractivity contribution in [2.75, 3.05) is 25.0 Å². The van der Waals surface area contributed by atoms with Gasteiger partial charge < -0.3 is 10.2 Å². The van der Waals surface area contributed by atoms with Crippen molar-refractivity contribution in [3.05, 3.63) is 48.5 Å². The first-order chi connectivity index (χ1) is 9.90. The van der Waals surface area contributed by atoms with Gasteiger partial charge in [-0.15, -0.1) is 0 Å². The third-order valence-electron chi connectivity index (χ3n) is 3.61. The van der Waals surface area contributed by atoms with Crippen molar-refractivity contribution >= 4 is 5.95 Å². The molecule has 20 heavy (non-hydrogen) atoms. The van der Waals surface area contributed by atoms with Crippen LogP contribution in [-0.4, -0.2) is 45.5 Å². The SMILES string of the molecule is c1cnc(NC2CCN(CCc3cccnc3)C2)nc1. The van der Waals surface area contributed by atoms with Gasteiger partial charge in [0, 0.05) is 50.5 Å². The molecule has 0 aromatic carbocycles. The van der Waals surface area contributed by atoms with Crippen molar-refractivity contribution in [2.45, 2.75) is 18.9 Å². The third kappa shape index (κ3) is 3.51. The number of aromatic nitrogens is 3. The lowest BCUT2D eigenvalue weighted by molar-refractivity contribution is 0.340. The minimum absolute atomic E-state index is 0.450. The molecular weight excluding hydrogens is 250 g/mol. The van der Waals surface area contributed by atoms with E-state index in [-0.39, 0.29) is 0 Å². The van der Waals surface area contributed by atoms with E-state index in [1.807, 2.05) is 24.5 Å². The zero-order valence-corrected chi connectivity index (χ0v) is 11.4. The Morgan fingerprint density at radius 2 is 2.10 bits per heavy atom. The molecule has 1 atom stereocenters. The van der Waals surface area contributed by atoms with E-state index in [1.54, 1.807) is 12.4 Å². The Morgan fingerprint density at radius 3 is 2.90 bits per heavy atom. The molecule has 5 heteroatoms. The predicted molar refractivity (Wildman–Crippen MR) is 78.4 cm³/mol. The van der Waals surface area contributed by atoms with Crippen molar-refractivity contribution in [1.29, 1.82) is 0 Å². The molecule has 3 heterocycles.